The quantitative estimate of drug-likeness (QED) is 0.783. The molecule has 32 heavy (non-hydrogen) atoms. The predicted octanol–water partition coefficient (Wildman–Crippen LogP) is 2.31. The lowest BCUT2D eigenvalue weighted by atomic mass is 10.0. The van der Waals surface area contributed by atoms with Gasteiger partial charge in [-0.15, -0.1) is 0 Å². The molecule has 0 aromatic heterocycles. The first-order chi connectivity index (χ1) is 15.6. The molecule has 7 heteroatoms. The second-order valence-corrected chi connectivity index (χ2v) is 10.1. The molecule has 4 aliphatic heterocycles. The van der Waals surface area contributed by atoms with Gasteiger partial charge in [0.15, 0.2) is 0 Å². The number of nitrogens with one attached hydrogen (secondary N) is 1. The number of carbonyl (C=O) groups is 2. The molecule has 6 rings (SSSR count). The normalized spacial score (nSPS) is 34.7. The van der Waals surface area contributed by atoms with Crippen LogP contribution in [0.1, 0.15) is 48.0 Å². The maximum absolute atomic E-state index is 13.0. The minimum Gasteiger partial charge on any atom is -0.489 e. The van der Waals surface area contributed by atoms with Gasteiger partial charge in [-0.2, -0.15) is 0 Å². The first-order valence-electron chi connectivity index (χ1n) is 12.0. The third kappa shape index (κ3) is 3.42. The van der Waals surface area contributed by atoms with E-state index in [1.807, 2.05) is 18.2 Å². The molecular weight excluding hydrogens is 406 g/mol. The van der Waals surface area contributed by atoms with Crippen LogP contribution in [0.15, 0.2) is 30.5 Å². The van der Waals surface area contributed by atoms with Crippen LogP contribution in [0, 0.1) is 11.8 Å². The number of carbonyl (C=O) groups excluding carboxylic acids is 2. The molecule has 4 fully saturated rings. The van der Waals surface area contributed by atoms with Gasteiger partial charge in [-0.25, -0.2) is 0 Å². The standard InChI is InChI=1S/C25H31N3O4/c1-15-5-8-22(24(29)26-15)28-12-16-9-19(6-7-20(16)25(28)30)32-23-4-2-3-21(23)27-10-17-13-31-14-18(17)11-27/h6-7,9,17-18,21-23H,1-5,8,10-14H2,(H,26,29)/t17-,18+,21?,22?,23?. The maximum Gasteiger partial charge on any atom is 0.255 e. The van der Waals surface area contributed by atoms with Crippen LogP contribution in [0.4, 0.5) is 0 Å². The summed E-state index contributed by atoms with van der Waals surface area (Å²) in [6.45, 7) is 8.35. The van der Waals surface area contributed by atoms with Crippen molar-refractivity contribution in [1.82, 2.24) is 15.1 Å². The zero-order valence-corrected chi connectivity index (χ0v) is 18.4. The van der Waals surface area contributed by atoms with Crippen molar-refractivity contribution in [2.45, 2.75) is 56.8 Å². The number of fused-ring (bicyclic) bond motifs is 2. The Morgan fingerprint density at radius 2 is 1.91 bits per heavy atom. The van der Waals surface area contributed by atoms with E-state index in [9.17, 15) is 9.59 Å². The number of amides is 2. The third-order valence-electron chi connectivity index (χ3n) is 8.05. The van der Waals surface area contributed by atoms with Crippen molar-refractivity contribution >= 4 is 11.8 Å². The summed E-state index contributed by atoms with van der Waals surface area (Å²) in [5, 5.41) is 2.79. The lowest BCUT2D eigenvalue weighted by Crippen LogP contribution is -2.49. The minimum absolute atomic E-state index is 0.0659. The molecule has 170 valence electrons. The van der Waals surface area contributed by atoms with Crippen LogP contribution in [0.3, 0.4) is 0 Å². The van der Waals surface area contributed by atoms with Gasteiger partial charge in [-0.05, 0) is 55.9 Å². The van der Waals surface area contributed by atoms with Crippen molar-refractivity contribution < 1.29 is 19.1 Å². The molecule has 0 radical (unpaired) electrons. The van der Waals surface area contributed by atoms with Crippen molar-refractivity contribution in [3.8, 4) is 5.75 Å². The highest BCUT2D eigenvalue weighted by molar-refractivity contribution is 6.01. The van der Waals surface area contributed by atoms with Crippen LogP contribution in [0.25, 0.3) is 0 Å². The van der Waals surface area contributed by atoms with Crippen molar-refractivity contribution in [1.29, 1.82) is 0 Å². The lowest BCUT2D eigenvalue weighted by molar-refractivity contribution is -0.126. The fraction of sp³-hybridized carbons (Fsp3) is 0.600. The van der Waals surface area contributed by atoms with Gasteiger partial charge in [-0.1, -0.05) is 6.58 Å². The molecule has 7 nitrogen and oxygen atoms in total. The van der Waals surface area contributed by atoms with E-state index in [-0.39, 0.29) is 17.9 Å². The van der Waals surface area contributed by atoms with Crippen molar-refractivity contribution in [3.05, 3.63) is 41.6 Å². The number of nitrogens with zero attached hydrogens (tertiary/aromatic N) is 2. The Morgan fingerprint density at radius 3 is 2.69 bits per heavy atom. The SMILES string of the molecule is C=C1CCC(N2Cc3cc(OC4CCCC4N4C[C@H]5COC[C@H]5C4)ccc3C2=O)C(=O)N1. The molecule has 1 N–H and O–H groups in total. The Balaban J connectivity index is 1.14. The number of allylic oxidation sites excluding steroid dienone is 1. The van der Waals surface area contributed by atoms with Gasteiger partial charge in [0.2, 0.25) is 5.91 Å². The van der Waals surface area contributed by atoms with E-state index in [1.54, 1.807) is 4.90 Å². The van der Waals surface area contributed by atoms with Crippen LogP contribution >= 0.6 is 0 Å². The molecule has 1 saturated carbocycles. The number of hydrogen-bond acceptors (Lipinski definition) is 5. The van der Waals surface area contributed by atoms with E-state index in [0.29, 0.717) is 42.8 Å². The average molecular weight is 438 g/mol. The minimum atomic E-state index is -0.428. The lowest BCUT2D eigenvalue weighted by Gasteiger charge is -2.31. The second kappa shape index (κ2) is 7.89. The number of rotatable bonds is 4. The van der Waals surface area contributed by atoms with Crippen LogP contribution in [-0.2, 0) is 16.1 Å². The van der Waals surface area contributed by atoms with Crippen LogP contribution in [0.5, 0.6) is 5.75 Å². The van der Waals surface area contributed by atoms with E-state index in [1.165, 1.54) is 12.8 Å². The smallest absolute Gasteiger partial charge is 0.255 e. The molecular formula is C25H31N3O4. The topological polar surface area (TPSA) is 71.1 Å². The summed E-state index contributed by atoms with van der Waals surface area (Å²) >= 11 is 0. The highest BCUT2D eigenvalue weighted by Gasteiger charge is 2.44. The molecule has 0 spiro atoms. The van der Waals surface area contributed by atoms with Gasteiger partial charge in [0.25, 0.3) is 5.91 Å². The van der Waals surface area contributed by atoms with Crippen molar-refractivity contribution in [2.75, 3.05) is 26.3 Å². The highest BCUT2D eigenvalue weighted by atomic mass is 16.5. The number of piperidine rings is 1. The van der Waals surface area contributed by atoms with E-state index < -0.39 is 6.04 Å². The first-order valence-corrected chi connectivity index (χ1v) is 12.0. The van der Waals surface area contributed by atoms with Gasteiger partial charge in [-0.3, -0.25) is 14.5 Å². The Bertz CT molecular complexity index is 951. The summed E-state index contributed by atoms with van der Waals surface area (Å²) in [7, 11) is 0. The summed E-state index contributed by atoms with van der Waals surface area (Å²) in [6.07, 6.45) is 4.97. The molecule has 4 heterocycles. The van der Waals surface area contributed by atoms with Crippen molar-refractivity contribution in [2.24, 2.45) is 11.8 Å². The van der Waals surface area contributed by atoms with E-state index in [0.717, 1.165) is 49.7 Å². The summed E-state index contributed by atoms with van der Waals surface area (Å²) in [6, 6.07) is 5.84. The molecule has 3 saturated heterocycles. The second-order valence-electron chi connectivity index (χ2n) is 10.1. The maximum atomic E-state index is 13.0. The monoisotopic (exact) mass is 437 g/mol. The van der Waals surface area contributed by atoms with Gasteiger partial charge < -0.3 is 19.7 Å². The van der Waals surface area contributed by atoms with E-state index in [2.05, 4.69) is 16.8 Å². The molecule has 5 aliphatic rings. The number of benzene rings is 1. The largest absolute Gasteiger partial charge is 0.489 e. The van der Waals surface area contributed by atoms with E-state index >= 15 is 0 Å². The third-order valence-corrected chi connectivity index (χ3v) is 8.05. The number of ether oxygens (including phenoxy) is 2. The molecule has 1 aromatic rings. The molecule has 1 aromatic carbocycles. The summed E-state index contributed by atoms with van der Waals surface area (Å²) in [5.74, 6) is 2.00. The molecule has 2 amide bonds. The highest BCUT2D eigenvalue weighted by Crippen LogP contribution is 2.37. The molecule has 3 unspecified atom stereocenters. The fourth-order valence-electron chi connectivity index (χ4n) is 6.33. The van der Waals surface area contributed by atoms with Gasteiger partial charge >= 0.3 is 0 Å². The molecule has 0 bridgehead atoms. The van der Waals surface area contributed by atoms with Crippen molar-refractivity contribution in [3.63, 3.8) is 0 Å². The molecule has 1 aliphatic carbocycles. The average Bonchev–Trinajstić information content (AvgIpc) is 3.52. The summed E-state index contributed by atoms with van der Waals surface area (Å²) in [4.78, 5) is 29.7. The zero-order valence-electron chi connectivity index (χ0n) is 18.4. The Kier molecular flexibility index (Phi) is 4.99. The molecule has 5 atom stereocenters. The zero-order chi connectivity index (χ0) is 21.8. The Morgan fingerprint density at radius 1 is 1.09 bits per heavy atom. The fourth-order valence-corrected chi connectivity index (χ4v) is 6.33. The number of likely N-dealkylation sites (tertiary alicyclic amines) is 1. The Hall–Kier alpha value is -2.38. The first kappa shape index (κ1) is 20.2. The van der Waals surface area contributed by atoms with Gasteiger partial charge in [0, 0.05) is 48.8 Å². The summed E-state index contributed by atoms with van der Waals surface area (Å²) < 4.78 is 12.1. The van der Waals surface area contributed by atoms with E-state index in [4.69, 9.17) is 9.47 Å². The van der Waals surface area contributed by atoms with Gasteiger partial charge in [0.05, 0.1) is 13.2 Å². The number of hydrogen-bond donors (Lipinski definition) is 1. The van der Waals surface area contributed by atoms with Crippen LogP contribution in [0.2, 0.25) is 0 Å². The van der Waals surface area contributed by atoms with Gasteiger partial charge in [0.1, 0.15) is 17.9 Å². The Labute approximate surface area is 188 Å². The van der Waals surface area contributed by atoms with Crippen LogP contribution < -0.4 is 10.1 Å². The predicted molar refractivity (Wildman–Crippen MR) is 118 cm³/mol. The van der Waals surface area contributed by atoms with Crippen LogP contribution in [-0.4, -0.2) is 66.1 Å². The summed E-state index contributed by atoms with van der Waals surface area (Å²) in [5.41, 5.74) is 2.36.